The Bertz CT molecular complexity index is 1080. The molecule has 1 aromatic carbocycles. The number of fused-ring (bicyclic) bond motifs is 4. The maximum Gasteiger partial charge on any atom is 0.265 e. The van der Waals surface area contributed by atoms with E-state index in [1.54, 1.807) is 16.2 Å². The SMILES string of the molecule is CCn1nc(SC(C)C)n2c(=O)c3c(nc12)-c1ccccc1C[C@]3(C)CC. The van der Waals surface area contributed by atoms with E-state index < -0.39 is 0 Å². The smallest absolute Gasteiger partial charge is 0.265 e. The molecular formula is C21H26N4OS. The van der Waals surface area contributed by atoms with Crippen LogP contribution in [0.25, 0.3) is 17.0 Å². The van der Waals surface area contributed by atoms with E-state index in [-0.39, 0.29) is 11.0 Å². The van der Waals surface area contributed by atoms with Crippen molar-refractivity contribution in [2.24, 2.45) is 0 Å². The first-order valence-corrected chi connectivity index (χ1v) is 10.6. The van der Waals surface area contributed by atoms with Gasteiger partial charge in [0, 0.05) is 22.8 Å². The van der Waals surface area contributed by atoms with E-state index >= 15 is 0 Å². The molecule has 0 unspecified atom stereocenters. The molecule has 1 atom stereocenters. The molecule has 0 bridgehead atoms. The fourth-order valence-corrected chi connectivity index (χ4v) is 4.84. The molecule has 0 aliphatic heterocycles. The molecule has 0 fully saturated rings. The number of thioether (sulfide) groups is 1. The average Bonchev–Trinajstić information content (AvgIpc) is 2.98. The number of aromatic nitrogens is 4. The first-order chi connectivity index (χ1) is 12.9. The van der Waals surface area contributed by atoms with Crippen LogP contribution in [0.15, 0.2) is 34.2 Å². The summed E-state index contributed by atoms with van der Waals surface area (Å²) in [5.41, 5.74) is 3.84. The van der Waals surface area contributed by atoms with Gasteiger partial charge in [0.15, 0.2) is 5.16 Å². The van der Waals surface area contributed by atoms with E-state index in [1.807, 2.05) is 17.7 Å². The van der Waals surface area contributed by atoms with Crippen LogP contribution in [0.4, 0.5) is 0 Å². The van der Waals surface area contributed by atoms with Crippen LogP contribution in [0.1, 0.15) is 52.2 Å². The van der Waals surface area contributed by atoms with Crippen LogP contribution in [-0.4, -0.2) is 24.4 Å². The van der Waals surface area contributed by atoms with E-state index in [4.69, 9.17) is 4.98 Å². The summed E-state index contributed by atoms with van der Waals surface area (Å²) < 4.78 is 3.57. The van der Waals surface area contributed by atoms with Gasteiger partial charge in [0.05, 0.1) is 11.3 Å². The topological polar surface area (TPSA) is 52.2 Å². The van der Waals surface area contributed by atoms with Gasteiger partial charge in [-0.15, -0.1) is 5.10 Å². The van der Waals surface area contributed by atoms with Crippen molar-refractivity contribution >= 4 is 17.5 Å². The van der Waals surface area contributed by atoms with Crippen molar-refractivity contribution < 1.29 is 0 Å². The summed E-state index contributed by atoms with van der Waals surface area (Å²) in [6.45, 7) is 11.3. The number of benzene rings is 1. The van der Waals surface area contributed by atoms with Gasteiger partial charge >= 0.3 is 0 Å². The predicted octanol–water partition coefficient (Wildman–Crippen LogP) is 4.30. The molecule has 6 heteroatoms. The number of rotatable bonds is 4. The summed E-state index contributed by atoms with van der Waals surface area (Å²) in [5, 5.41) is 5.77. The highest BCUT2D eigenvalue weighted by molar-refractivity contribution is 7.99. The molecule has 4 rings (SSSR count). The Morgan fingerprint density at radius 1 is 1.26 bits per heavy atom. The first-order valence-electron chi connectivity index (χ1n) is 9.68. The number of nitrogens with zero attached hydrogens (tertiary/aromatic N) is 4. The molecule has 0 amide bonds. The normalized spacial score (nSPS) is 18.7. The molecule has 142 valence electrons. The zero-order valence-electron chi connectivity index (χ0n) is 16.6. The summed E-state index contributed by atoms with van der Waals surface area (Å²) in [5.74, 6) is 0.638. The first kappa shape index (κ1) is 18.3. The second kappa shape index (κ2) is 6.51. The zero-order valence-corrected chi connectivity index (χ0v) is 17.4. The third kappa shape index (κ3) is 2.73. The van der Waals surface area contributed by atoms with Crippen molar-refractivity contribution in [2.75, 3.05) is 0 Å². The molecule has 2 aromatic heterocycles. The third-order valence-electron chi connectivity index (χ3n) is 5.57. The molecule has 0 saturated carbocycles. The summed E-state index contributed by atoms with van der Waals surface area (Å²) >= 11 is 1.61. The van der Waals surface area contributed by atoms with Gasteiger partial charge in [-0.25, -0.2) is 14.1 Å². The zero-order chi connectivity index (χ0) is 19.3. The van der Waals surface area contributed by atoms with Gasteiger partial charge < -0.3 is 0 Å². The largest absolute Gasteiger partial charge is 0.268 e. The molecule has 3 aromatic rings. The Morgan fingerprint density at radius 3 is 2.67 bits per heavy atom. The number of hydrogen-bond donors (Lipinski definition) is 0. The van der Waals surface area contributed by atoms with Crippen molar-refractivity contribution in [1.29, 1.82) is 0 Å². The minimum absolute atomic E-state index is 0.0386. The lowest BCUT2D eigenvalue weighted by Crippen LogP contribution is -2.38. The van der Waals surface area contributed by atoms with Crippen molar-refractivity contribution in [3.8, 4) is 11.3 Å². The molecule has 1 aliphatic rings. The van der Waals surface area contributed by atoms with Crippen LogP contribution in [0.2, 0.25) is 0 Å². The van der Waals surface area contributed by atoms with Crippen molar-refractivity contribution in [3.05, 3.63) is 45.7 Å². The number of aryl methyl sites for hydroxylation is 1. The Balaban J connectivity index is 2.13. The predicted molar refractivity (Wildman–Crippen MR) is 111 cm³/mol. The molecule has 0 N–H and O–H groups in total. The maximum atomic E-state index is 13.7. The molecule has 2 heterocycles. The van der Waals surface area contributed by atoms with Crippen molar-refractivity contribution in [3.63, 3.8) is 0 Å². The molecular weight excluding hydrogens is 356 g/mol. The van der Waals surface area contributed by atoms with Gasteiger partial charge in [-0.1, -0.05) is 63.7 Å². The van der Waals surface area contributed by atoms with Gasteiger partial charge in [0.25, 0.3) is 5.56 Å². The maximum absolute atomic E-state index is 13.7. The number of hydrogen-bond acceptors (Lipinski definition) is 4. The van der Waals surface area contributed by atoms with Crippen LogP contribution >= 0.6 is 11.8 Å². The van der Waals surface area contributed by atoms with E-state index in [9.17, 15) is 4.79 Å². The van der Waals surface area contributed by atoms with Crippen LogP contribution in [-0.2, 0) is 18.4 Å². The average molecular weight is 383 g/mol. The standard InChI is InChI=1S/C21H26N4OS/c1-6-21(5)12-14-10-8-9-11-15(14)17-16(21)18(26)25-19(22-17)24(7-2)23-20(25)27-13(3)4/h8-11,13H,6-7,12H2,1-5H3/t21-/m0/s1. The lowest BCUT2D eigenvalue weighted by atomic mass is 9.69. The van der Waals surface area contributed by atoms with E-state index in [1.165, 1.54) is 5.56 Å². The molecule has 0 radical (unpaired) electrons. The quantitative estimate of drug-likeness (QED) is 0.631. The van der Waals surface area contributed by atoms with Gasteiger partial charge in [0.1, 0.15) is 0 Å². The summed E-state index contributed by atoms with van der Waals surface area (Å²) in [6, 6.07) is 8.34. The highest BCUT2D eigenvalue weighted by atomic mass is 32.2. The van der Waals surface area contributed by atoms with Gasteiger partial charge in [0.2, 0.25) is 5.78 Å². The Kier molecular flexibility index (Phi) is 4.41. The third-order valence-corrected chi connectivity index (χ3v) is 6.52. The minimum Gasteiger partial charge on any atom is -0.268 e. The monoisotopic (exact) mass is 382 g/mol. The van der Waals surface area contributed by atoms with Crippen LogP contribution < -0.4 is 5.56 Å². The van der Waals surface area contributed by atoms with Gasteiger partial charge in [-0.2, -0.15) is 0 Å². The Hall–Kier alpha value is -2.08. The minimum atomic E-state index is -0.219. The Labute approximate surface area is 163 Å². The molecule has 27 heavy (non-hydrogen) atoms. The highest BCUT2D eigenvalue weighted by Gasteiger charge is 2.38. The van der Waals surface area contributed by atoms with E-state index in [0.29, 0.717) is 17.6 Å². The van der Waals surface area contributed by atoms with Crippen molar-refractivity contribution in [2.45, 2.75) is 69.8 Å². The lowest BCUT2D eigenvalue weighted by molar-refractivity contribution is 0.439. The van der Waals surface area contributed by atoms with E-state index in [2.05, 4.69) is 51.0 Å². The highest BCUT2D eigenvalue weighted by Crippen LogP contribution is 2.42. The molecule has 0 saturated heterocycles. The Morgan fingerprint density at radius 2 is 2.00 bits per heavy atom. The fraction of sp³-hybridized carbons (Fsp3) is 0.476. The van der Waals surface area contributed by atoms with Crippen LogP contribution in [0, 0.1) is 0 Å². The van der Waals surface area contributed by atoms with Crippen LogP contribution in [0.3, 0.4) is 0 Å². The fourth-order valence-electron chi connectivity index (χ4n) is 4.00. The molecule has 0 spiro atoms. The molecule has 5 nitrogen and oxygen atoms in total. The molecule has 1 aliphatic carbocycles. The van der Waals surface area contributed by atoms with Gasteiger partial charge in [-0.05, 0) is 25.3 Å². The second-order valence-corrected chi connectivity index (χ2v) is 9.33. The van der Waals surface area contributed by atoms with Crippen LogP contribution in [0.5, 0.6) is 0 Å². The summed E-state index contributed by atoms with van der Waals surface area (Å²) in [6.07, 6.45) is 1.76. The second-order valence-electron chi connectivity index (χ2n) is 7.79. The van der Waals surface area contributed by atoms with Gasteiger partial charge in [-0.3, -0.25) is 4.79 Å². The summed E-state index contributed by atoms with van der Waals surface area (Å²) in [7, 11) is 0. The summed E-state index contributed by atoms with van der Waals surface area (Å²) in [4.78, 5) is 18.8. The lowest BCUT2D eigenvalue weighted by Gasteiger charge is -2.35. The van der Waals surface area contributed by atoms with E-state index in [0.717, 1.165) is 34.8 Å². The van der Waals surface area contributed by atoms with Crippen molar-refractivity contribution in [1.82, 2.24) is 19.2 Å².